The first-order valence-corrected chi connectivity index (χ1v) is 5.60. The Kier molecular flexibility index (Phi) is 2.46. The monoisotopic (exact) mass is 240 g/mol. The number of pyridine rings is 1. The van der Waals surface area contributed by atoms with Gasteiger partial charge in [0.1, 0.15) is 11.0 Å². The average molecular weight is 240 g/mol. The van der Waals surface area contributed by atoms with Crippen molar-refractivity contribution >= 4 is 16.9 Å². The smallest absolute Gasteiger partial charge is 0.153 e. The maximum atomic E-state index is 9.08. The molecule has 0 atom stereocenters. The lowest BCUT2D eigenvalue weighted by Gasteiger charge is -2.02. The molecule has 0 saturated heterocycles. The van der Waals surface area contributed by atoms with Crippen LogP contribution in [-0.4, -0.2) is 19.9 Å². The molecule has 0 aliphatic heterocycles. The lowest BCUT2D eigenvalue weighted by Crippen LogP contribution is -2.01. The first-order chi connectivity index (χ1) is 8.79. The third-order valence-corrected chi connectivity index (χ3v) is 2.77. The number of benzene rings is 1. The fraction of sp³-hybridized carbons (Fsp3) is 0.0769. The summed E-state index contributed by atoms with van der Waals surface area (Å²) in [6, 6.07) is 13.2. The van der Waals surface area contributed by atoms with Crippen molar-refractivity contribution in [2.24, 2.45) is 0 Å². The molecule has 3 N–H and O–H groups in total. The molecule has 0 spiro atoms. The number of nitrogen functional groups attached to an aromatic ring is 1. The van der Waals surface area contributed by atoms with Crippen LogP contribution in [0.3, 0.4) is 0 Å². The molecule has 3 rings (SSSR count). The van der Waals surface area contributed by atoms with Gasteiger partial charge < -0.3 is 10.8 Å². The summed E-state index contributed by atoms with van der Waals surface area (Å²) in [6.07, 6.45) is 0. The quantitative estimate of drug-likeness (QED) is 0.711. The molecule has 1 aromatic carbocycles. The Bertz CT molecular complexity index is 691. The van der Waals surface area contributed by atoms with Crippen molar-refractivity contribution in [1.29, 1.82) is 0 Å². The summed E-state index contributed by atoms with van der Waals surface area (Å²) in [5.41, 5.74) is 8.86. The molecule has 0 radical (unpaired) electrons. The molecular weight excluding hydrogens is 228 g/mol. The van der Waals surface area contributed by atoms with Gasteiger partial charge in [-0.05, 0) is 24.3 Å². The first kappa shape index (κ1) is 10.7. The summed E-state index contributed by atoms with van der Waals surface area (Å²) < 4.78 is 1.65. The highest BCUT2D eigenvalue weighted by Gasteiger charge is 2.11. The Balaban J connectivity index is 2.23. The van der Waals surface area contributed by atoms with Crippen LogP contribution in [0.25, 0.3) is 16.7 Å². The normalized spacial score (nSPS) is 10.9. The minimum Gasteiger partial charge on any atom is -0.390 e. The second-order valence-corrected chi connectivity index (χ2v) is 3.96. The minimum atomic E-state index is -0.105. The van der Waals surface area contributed by atoms with E-state index in [1.165, 1.54) is 0 Å². The molecular formula is C13H12N4O. The van der Waals surface area contributed by atoms with E-state index in [1.807, 2.05) is 36.4 Å². The highest BCUT2D eigenvalue weighted by atomic mass is 16.3. The van der Waals surface area contributed by atoms with Gasteiger partial charge in [0.05, 0.1) is 18.0 Å². The summed E-state index contributed by atoms with van der Waals surface area (Å²) >= 11 is 0. The minimum absolute atomic E-state index is 0.105. The van der Waals surface area contributed by atoms with E-state index in [2.05, 4.69) is 10.1 Å². The van der Waals surface area contributed by atoms with E-state index >= 15 is 0 Å². The standard InChI is InChI=1S/C13H12N4O/c14-13-12-11(7-6-9(8-18)15-12)16-17(13)10-4-2-1-3-5-10/h1-7,18H,8,14H2. The van der Waals surface area contributed by atoms with Crippen molar-refractivity contribution in [1.82, 2.24) is 14.8 Å². The van der Waals surface area contributed by atoms with E-state index in [0.29, 0.717) is 22.5 Å². The van der Waals surface area contributed by atoms with Crippen LogP contribution in [0, 0.1) is 0 Å². The Labute approximate surface area is 103 Å². The number of aliphatic hydroxyl groups excluding tert-OH is 1. The summed E-state index contributed by atoms with van der Waals surface area (Å²) in [6.45, 7) is -0.105. The van der Waals surface area contributed by atoms with Gasteiger partial charge >= 0.3 is 0 Å². The van der Waals surface area contributed by atoms with Crippen molar-refractivity contribution in [3.63, 3.8) is 0 Å². The molecule has 2 heterocycles. The molecule has 0 unspecified atom stereocenters. The average Bonchev–Trinajstić information content (AvgIpc) is 2.77. The Hall–Kier alpha value is -2.40. The second kappa shape index (κ2) is 4.12. The molecule has 5 heteroatoms. The van der Waals surface area contributed by atoms with Crippen LogP contribution < -0.4 is 5.73 Å². The van der Waals surface area contributed by atoms with E-state index in [-0.39, 0.29) is 6.61 Å². The van der Waals surface area contributed by atoms with Crippen LogP contribution in [0.5, 0.6) is 0 Å². The van der Waals surface area contributed by atoms with E-state index in [9.17, 15) is 0 Å². The number of hydrogen-bond acceptors (Lipinski definition) is 4. The van der Waals surface area contributed by atoms with Crippen molar-refractivity contribution in [3.8, 4) is 5.69 Å². The van der Waals surface area contributed by atoms with Crippen LogP contribution in [0.4, 0.5) is 5.82 Å². The van der Waals surface area contributed by atoms with Gasteiger partial charge in [-0.25, -0.2) is 9.67 Å². The molecule has 0 amide bonds. The summed E-state index contributed by atoms with van der Waals surface area (Å²) in [4.78, 5) is 4.28. The van der Waals surface area contributed by atoms with Crippen LogP contribution in [-0.2, 0) is 6.61 Å². The number of hydrogen-bond donors (Lipinski definition) is 2. The highest BCUT2D eigenvalue weighted by Crippen LogP contribution is 2.22. The maximum absolute atomic E-state index is 9.08. The molecule has 0 fully saturated rings. The lowest BCUT2D eigenvalue weighted by atomic mass is 10.3. The van der Waals surface area contributed by atoms with Crippen LogP contribution in [0.2, 0.25) is 0 Å². The molecule has 5 nitrogen and oxygen atoms in total. The molecule has 18 heavy (non-hydrogen) atoms. The zero-order valence-electron chi connectivity index (χ0n) is 9.61. The van der Waals surface area contributed by atoms with E-state index in [1.54, 1.807) is 10.7 Å². The number of anilines is 1. The van der Waals surface area contributed by atoms with Gasteiger partial charge in [-0.1, -0.05) is 18.2 Å². The van der Waals surface area contributed by atoms with Crippen molar-refractivity contribution in [3.05, 3.63) is 48.2 Å². The first-order valence-electron chi connectivity index (χ1n) is 5.60. The van der Waals surface area contributed by atoms with Gasteiger partial charge in [0, 0.05) is 0 Å². The Morgan fingerprint density at radius 1 is 1.11 bits per heavy atom. The van der Waals surface area contributed by atoms with Gasteiger partial charge in [0.25, 0.3) is 0 Å². The Morgan fingerprint density at radius 3 is 2.61 bits per heavy atom. The highest BCUT2D eigenvalue weighted by molar-refractivity contribution is 5.86. The molecule has 0 aliphatic rings. The Morgan fingerprint density at radius 2 is 1.89 bits per heavy atom. The fourth-order valence-electron chi connectivity index (χ4n) is 1.88. The predicted molar refractivity (Wildman–Crippen MR) is 69.2 cm³/mol. The summed E-state index contributed by atoms with van der Waals surface area (Å²) in [5, 5.41) is 13.5. The summed E-state index contributed by atoms with van der Waals surface area (Å²) in [5.74, 6) is 0.478. The zero-order valence-corrected chi connectivity index (χ0v) is 9.61. The van der Waals surface area contributed by atoms with E-state index in [4.69, 9.17) is 10.8 Å². The largest absolute Gasteiger partial charge is 0.390 e. The van der Waals surface area contributed by atoms with Gasteiger partial charge in [-0.2, -0.15) is 5.10 Å². The summed E-state index contributed by atoms with van der Waals surface area (Å²) in [7, 11) is 0. The van der Waals surface area contributed by atoms with Gasteiger partial charge in [0.15, 0.2) is 5.82 Å². The maximum Gasteiger partial charge on any atom is 0.153 e. The van der Waals surface area contributed by atoms with Gasteiger partial charge in [0.2, 0.25) is 0 Å². The van der Waals surface area contributed by atoms with E-state index < -0.39 is 0 Å². The number of para-hydroxylation sites is 1. The number of nitrogens with zero attached hydrogens (tertiary/aromatic N) is 3. The number of nitrogens with two attached hydrogens (primary N) is 1. The van der Waals surface area contributed by atoms with Crippen LogP contribution >= 0.6 is 0 Å². The third kappa shape index (κ3) is 1.61. The fourth-order valence-corrected chi connectivity index (χ4v) is 1.88. The second-order valence-electron chi connectivity index (χ2n) is 3.96. The third-order valence-electron chi connectivity index (χ3n) is 2.77. The lowest BCUT2D eigenvalue weighted by molar-refractivity contribution is 0.277. The molecule has 90 valence electrons. The van der Waals surface area contributed by atoms with Crippen LogP contribution in [0.15, 0.2) is 42.5 Å². The molecule has 0 saturated carbocycles. The van der Waals surface area contributed by atoms with E-state index in [0.717, 1.165) is 5.69 Å². The molecule has 3 aromatic rings. The SMILES string of the molecule is Nc1c2nc(CO)ccc2nn1-c1ccccc1. The van der Waals surface area contributed by atoms with Crippen molar-refractivity contribution in [2.75, 3.05) is 5.73 Å². The number of aliphatic hydroxyl groups is 1. The number of fused-ring (bicyclic) bond motifs is 1. The van der Waals surface area contributed by atoms with Crippen LogP contribution in [0.1, 0.15) is 5.69 Å². The molecule has 2 aromatic heterocycles. The number of rotatable bonds is 2. The molecule has 0 bridgehead atoms. The predicted octanol–water partition coefficient (Wildman–Crippen LogP) is 1.49. The topological polar surface area (TPSA) is 77.0 Å². The molecule has 0 aliphatic carbocycles. The van der Waals surface area contributed by atoms with Crippen molar-refractivity contribution < 1.29 is 5.11 Å². The van der Waals surface area contributed by atoms with Crippen molar-refractivity contribution in [2.45, 2.75) is 6.61 Å². The van der Waals surface area contributed by atoms with Gasteiger partial charge in [-0.3, -0.25) is 0 Å². The van der Waals surface area contributed by atoms with Gasteiger partial charge in [-0.15, -0.1) is 0 Å². The number of aromatic nitrogens is 3. The zero-order chi connectivity index (χ0) is 12.5.